The van der Waals surface area contributed by atoms with Crippen molar-refractivity contribution in [3.8, 4) is 0 Å². The third-order valence-electron chi connectivity index (χ3n) is 4.88. The molecule has 3 amide bonds. The van der Waals surface area contributed by atoms with Gasteiger partial charge in [0.1, 0.15) is 0 Å². The van der Waals surface area contributed by atoms with E-state index in [0.29, 0.717) is 29.1 Å². The van der Waals surface area contributed by atoms with Gasteiger partial charge in [-0.05, 0) is 53.8 Å². The maximum Gasteiger partial charge on any atom is 0.265 e. The lowest BCUT2D eigenvalue weighted by molar-refractivity contribution is -0.117. The molecule has 1 saturated heterocycles. The molecule has 0 radical (unpaired) electrons. The molecule has 0 aliphatic carbocycles. The smallest absolute Gasteiger partial charge is 0.265 e. The van der Waals surface area contributed by atoms with Crippen molar-refractivity contribution in [2.45, 2.75) is 19.4 Å². The van der Waals surface area contributed by atoms with Gasteiger partial charge >= 0.3 is 0 Å². The van der Waals surface area contributed by atoms with E-state index in [1.165, 1.54) is 11.3 Å². The van der Waals surface area contributed by atoms with Gasteiger partial charge in [0, 0.05) is 36.4 Å². The summed E-state index contributed by atoms with van der Waals surface area (Å²) >= 11 is 1.36. The molecular formula is C23H21N3O3S. The summed E-state index contributed by atoms with van der Waals surface area (Å²) in [5, 5.41) is 7.55. The molecule has 6 nitrogen and oxygen atoms in total. The third kappa shape index (κ3) is 4.58. The first-order valence-corrected chi connectivity index (χ1v) is 10.6. The van der Waals surface area contributed by atoms with Gasteiger partial charge in [-0.1, -0.05) is 24.3 Å². The van der Waals surface area contributed by atoms with Crippen molar-refractivity contribution in [3.05, 3.63) is 82.0 Å². The molecule has 0 bridgehead atoms. The van der Waals surface area contributed by atoms with Gasteiger partial charge in [0.25, 0.3) is 11.8 Å². The molecule has 1 fully saturated rings. The van der Waals surface area contributed by atoms with Crippen LogP contribution in [0.1, 0.15) is 38.4 Å². The zero-order valence-electron chi connectivity index (χ0n) is 16.3. The average molecular weight is 420 g/mol. The molecule has 152 valence electrons. The Morgan fingerprint density at radius 2 is 1.87 bits per heavy atom. The van der Waals surface area contributed by atoms with Crippen LogP contribution in [0, 0.1) is 0 Å². The van der Waals surface area contributed by atoms with Gasteiger partial charge in [0.05, 0.1) is 4.88 Å². The van der Waals surface area contributed by atoms with Gasteiger partial charge in [-0.25, -0.2) is 0 Å². The molecule has 0 spiro atoms. The Kier molecular flexibility index (Phi) is 5.90. The second-order valence-corrected chi connectivity index (χ2v) is 7.96. The second kappa shape index (κ2) is 8.92. The first-order chi connectivity index (χ1) is 14.6. The quantitative estimate of drug-likeness (QED) is 0.633. The molecule has 1 aliphatic heterocycles. The van der Waals surface area contributed by atoms with E-state index >= 15 is 0 Å². The minimum atomic E-state index is -0.232. The maximum atomic E-state index is 12.6. The number of nitrogens with one attached hydrogen (secondary N) is 2. The minimum absolute atomic E-state index is 0.137. The molecule has 1 aliphatic rings. The van der Waals surface area contributed by atoms with E-state index in [4.69, 9.17) is 0 Å². The van der Waals surface area contributed by atoms with Crippen molar-refractivity contribution in [1.82, 2.24) is 5.32 Å². The summed E-state index contributed by atoms with van der Waals surface area (Å²) in [5.41, 5.74) is 2.81. The monoisotopic (exact) mass is 419 g/mol. The molecule has 0 saturated carbocycles. The molecule has 0 atom stereocenters. The summed E-state index contributed by atoms with van der Waals surface area (Å²) in [5.74, 6) is -0.293. The van der Waals surface area contributed by atoms with Crippen LogP contribution in [0.25, 0.3) is 0 Å². The zero-order chi connectivity index (χ0) is 20.9. The van der Waals surface area contributed by atoms with Crippen LogP contribution in [0.15, 0.2) is 66.0 Å². The maximum absolute atomic E-state index is 12.6. The lowest BCUT2D eigenvalue weighted by atomic mass is 10.1. The molecule has 2 heterocycles. The van der Waals surface area contributed by atoms with Gasteiger partial charge in [-0.3, -0.25) is 14.4 Å². The number of hydrogen-bond acceptors (Lipinski definition) is 4. The van der Waals surface area contributed by atoms with Gasteiger partial charge in [0.15, 0.2) is 0 Å². The predicted molar refractivity (Wildman–Crippen MR) is 118 cm³/mol. The molecule has 2 N–H and O–H groups in total. The van der Waals surface area contributed by atoms with Crippen LogP contribution in [-0.4, -0.2) is 24.3 Å². The van der Waals surface area contributed by atoms with Gasteiger partial charge < -0.3 is 15.5 Å². The highest BCUT2D eigenvalue weighted by molar-refractivity contribution is 7.12. The number of benzene rings is 2. The average Bonchev–Trinajstić information content (AvgIpc) is 3.44. The topological polar surface area (TPSA) is 78.5 Å². The number of thiophene rings is 1. The van der Waals surface area contributed by atoms with Crippen LogP contribution in [0.2, 0.25) is 0 Å². The summed E-state index contributed by atoms with van der Waals surface area (Å²) in [7, 11) is 0. The fourth-order valence-electron chi connectivity index (χ4n) is 3.38. The number of amides is 3. The fraction of sp³-hybridized carbons (Fsp3) is 0.174. The van der Waals surface area contributed by atoms with E-state index in [2.05, 4.69) is 10.6 Å². The normalized spacial score (nSPS) is 13.3. The summed E-state index contributed by atoms with van der Waals surface area (Å²) in [6.45, 7) is 1.08. The van der Waals surface area contributed by atoms with Crippen LogP contribution in [0.5, 0.6) is 0 Å². The van der Waals surface area contributed by atoms with Gasteiger partial charge in [-0.2, -0.15) is 0 Å². The predicted octanol–water partition coefficient (Wildman–Crippen LogP) is 4.06. The van der Waals surface area contributed by atoms with Crippen molar-refractivity contribution in [2.75, 3.05) is 16.8 Å². The van der Waals surface area contributed by atoms with E-state index in [-0.39, 0.29) is 17.7 Å². The van der Waals surface area contributed by atoms with Crippen molar-refractivity contribution in [2.24, 2.45) is 0 Å². The lowest BCUT2D eigenvalue weighted by Crippen LogP contribution is -2.25. The molecule has 1 aromatic heterocycles. The first-order valence-electron chi connectivity index (χ1n) is 9.72. The van der Waals surface area contributed by atoms with E-state index in [9.17, 15) is 14.4 Å². The lowest BCUT2D eigenvalue weighted by Gasteiger charge is -2.16. The van der Waals surface area contributed by atoms with Crippen LogP contribution >= 0.6 is 11.3 Å². The standard InChI is InChI=1S/C23H21N3O3S/c27-21-10-3-11-26(21)19-8-1-5-16(13-19)15-24-22(28)17-6-2-7-18(14-17)25-23(29)20-9-4-12-30-20/h1-2,4-9,12-14H,3,10-11,15H2,(H,24,28)(H,25,29). The van der Waals surface area contributed by atoms with Crippen LogP contribution in [0.4, 0.5) is 11.4 Å². The Morgan fingerprint density at radius 3 is 2.63 bits per heavy atom. The SMILES string of the molecule is O=C(NCc1cccc(N2CCCC2=O)c1)c1cccc(NC(=O)c2cccs2)c1. The Balaban J connectivity index is 1.38. The second-order valence-electron chi connectivity index (χ2n) is 7.01. The third-order valence-corrected chi connectivity index (χ3v) is 5.74. The van der Waals surface area contributed by atoms with Crippen molar-refractivity contribution < 1.29 is 14.4 Å². The van der Waals surface area contributed by atoms with Gasteiger partial charge in [0.2, 0.25) is 5.91 Å². The Labute approximate surface area is 178 Å². The summed E-state index contributed by atoms with van der Waals surface area (Å²) in [6.07, 6.45) is 1.46. The van der Waals surface area contributed by atoms with Gasteiger partial charge in [-0.15, -0.1) is 11.3 Å². The highest BCUT2D eigenvalue weighted by atomic mass is 32.1. The van der Waals surface area contributed by atoms with E-state index in [0.717, 1.165) is 24.2 Å². The Bertz CT molecular complexity index is 1080. The zero-order valence-corrected chi connectivity index (χ0v) is 17.1. The van der Waals surface area contributed by atoms with Crippen molar-refractivity contribution >= 4 is 40.4 Å². The van der Waals surface area contributed by atoms with E-state index in [1.807, 2.05) is 35.7 Å². The molecule has 0 unspecified atom stereocenters. The molecular weight excluding hydrogens is 398 g/mol. The number of rotatable bonds is 6. The number of carbonyl (C=O) groups is 3. The van der Waals surface area contributed by atoms with Crippen LogP contribution in [-0.2, 0) is 11.3 Å². The molecule has 2 aromatic carbocycles. The summed E-state index contributed by atoms with van der Waals surface area (Å²) < 4.78 is 0. The Morgan fingerprint density at radius 1 is 1.00 bits per heavy atom. The highest BCUT2D eigenvalue weighted by Crippen LogP contribution is 2.22. The van der Waals surface area contributed by atoms with E-state index < -0.39 is 0 Å². The van der Waals surface area contributed by atoms with Crippen LogP contribution < -0.4 is 15.5 Å². The number of hydrogen-bond donors (Lipinski definition) is 2. The first kappa shape index (κ1) is 19.8. The molecule has 3 aromatic rings. The van der Waals surface area contributed by atoms with Crippen molar-refractivity contribution in [1.29, 1.82) is 0 Å². The fourth-order valence-corrected chi connectivity index (χ4v) is 4.00. The largest absolute Gasteiger partial charge is 0.348 e. The minimum Gasteiger partial charge on any atom is -0.348 e. The molecule has 30 heavy (non-hydrogen) atoms. The van der Waals surface area contributed by atoms with E-state index in [1.54, 1.807) is 35.2 Å². The summed E-state index contributed by atoms with van der Waals surface area (Å²) in [6, 6.07) is 18.1. The summed E-state index contributed by atoms with van der Waals surface area (Å²) in [4.78, 5) is 39.1. The highest BCUT2D eigenvalue weighted by Gasteiger charge is 2.21. The number of carbonyl (C=O) groups excluding carboxylic acids is 3. The molecule has 7 heteroatoms. The molecule has 4 rings (SSSR count). The van der Waals surface area contributed by atoms with Crippen molar-refractivity contribution in [3.63, 3.8) is 0 Å². The van der Waals surface area contributed by atoms with Crippen LogP contribution in [0.3, 0.4) is 0 Å². The number of nitrogens with zero attached hydrogens (tertiary/aromatic N) is 1. The Hall–Kier alpha value is -3.45. The number of anilines is 2.